The van der Waals surface area contributed by atoms with Crippen molar-refractivity contribution in [1.29, 1.82) is 0 Å². The minimum absolute atomic E-state index is 0.185. The molecule has 1 fully saturated rings. The molecule has 0 amide bonds. The zero-order chi connectivity index (χ0) is 11.8. The molecule has 0 saturated heterocycles. The second kappa shape index (κ2) is 4.27. The third-order valence-corrected chi connectivity index (χ3v) is 3.77. The van der Waals surface area contributed by atoms with Crippen LogP contribution in [0.15, 0.2) is 24.3 Å². The van der Waals surface area contributed by atoms with E-state index in [-0.39, 0.29) is 10.6 Å². The Hall–Kier alpha value is -0.730. The summed E-state index contributed by atoms with van der Waals surface area (Å²) in [5, 5.41) is -0.563. The second-order valence-electron chi connectivity index (χ2n) is 3.87. The molecular formula is C12H12Cl2O2. The Morgan fingerprint density at radius 1 is 1.50 bits per heavy atom. The fourth-order valence-corrected chi connectivity index (χ4v) is 2.70. The third-order valence-electron chi connectivity index (χ3n) is 2.91. The zero-order valence-electron chi connectivity index (χ0n) is 8.87. The van der Waals surface area contributed by atoms with Crippen LogP contribution < -0.4 is 4.74 Å². The smallest absolute Gasteiger partial charge is 0.233 e. The number of carbonyl (C=O) groups is 1. The topological polar surface area (TPSA) is 26.3 Å². The first-order valence-electron chi connectivity index (χ1n) is 5.18. The maximum atomic E-state index is 11.4. The van der Waals surface area contributed by atoms with E-state index < -0.39 is 5.41 Å². The van der Waals surface area contributed by atoms with Crippen LogP contribution in [0, 0.1) is 0 Å². The molecule has 1 saturated carbocycles. The highest BCUT2D eigenvalue weighted by Gasteiger charge is 2.59. The monoisotopic (exact) mass is 258 g/mol. The Kier molecular flexibility index (Phi) is 3.13. The quantitative estimate of drug-likeness (QED) is 0.613. The predicted octanol–water partition coefficient (Wildman–Crippen LogP) is 3.10. The Bertz CT molecular complexity index is 402. The summed E-state index contributed by atoms with van der Waals surface area (Å²) in [6.45, 7) is 2.55. The summed E-state index contributed by atoms with van der Waals surface area (Å²) in [6.07, 6.45) is 0.616. The number of rotatable bonds is 4. The molecule has 0 N–H and O–H groups in total. The van der Waals surface area contributed by atoms with Crippen LogP contribution in [0.1, 0.15) is 18.9 Å². The lowest BCUT2D eigenvalue weighted by Crippen LogP contribution is -2.18. The first-order chi connectivity index (χ1) is 7.61. The van der Waals surface area contributed by atoms with Gasteiger partial charge in [-0.25, -0.2) is 0 Å². The van der Waals surface area contributed by atoms with Gasteiger partial charge in [-0.3, -0.25) is 4.79 Å². The average molecular weight is 259 g/mol. The molecule has 0 spiro atoms. The molecule has 2 rings (SSSR count). The largest absolute Gasteiger partial charge is 0.494 e. The van der Waals surface area contributed by atoms with E-state index in [1.807, 2.05) is 31.2 Å². The first kappa shape index (κ1) is 11.7. The van der Waals surface area contributed by atoms with Crippen LogP contribution in [0.2, 0.25) is 0 Å². The highest BCUT2D eigenvalue weighted by atomic mass is 35.5. The van der Waals surface area contributed by atoms with Crippen molar-refractivity contribution in [3.05, 3.63) is 29.8 Å². The molecule has 4 heteroatoms. The Morgan fingerprint density at radius 2 is 2.06 bits per heavy atom. The molecule has 1 aromatic rings. The van der Waals surface area contributed by atoms with E-state index in [1.165, 1.54) is 0 Å². The van der Waals surface area contributed by atoms with E-state index in [0.29, 0.717) is 13.0 Å². The van der Waals surface area contributed by atoms with E-state index in [2.05, 4.69) is 0 Å². The SMILES string of the molecule is CCOc1ccc(C2(C(=O)Cl)CC2Cl)cc1. The van der Waals surface area contributed by atoms with Crippen molar-refractivity contribution in [1.82, 2.24) is 0 Å². The maximum absolute atomic E-state index is 11.4. The highest BCUT2D eigenvalue weighted by molar-refractivity contribution is 6.67. The van der Waals surface area contributed by atoms with Gasteiger partial charge < -0.3 is 4.74 Å². The van der Waals surface area contributed by atoms with Crippen molar-refractivity contribution in [3.8, 4) is 5.75 Å². The van der Waals surface area contributed by atoms with Crippen molar-refractivity contribution >= 4 is 28.4 Å². The summed E-state index contributed by atoms with van der Waals surface area (Å²) in [4.78, 5) is 11.4. The van der Waals surface area contributed by atoms with Crippen LogP contribution >= 0.6 is 23.2 Å². The van der Waals surface area contributed by atoms with Crippen LogP contribution in [0.5, 0.6) is 5.75 Å². The second-order valence-corrected chi connectivity index (χ2v) is 4.74. The molecule has 16 heavy (non-hydrogen) atoms. The number of carbonyl (C=O) groups excluding carboxylic acids is 1. The normalized spacial score (nSPS) is 27.6. The molecule has 0 bridgehead atoms. The Labute approximate surface area is 104 Å². The average Bonchev–Trinajstić information content (AvgIpc) is 2.93. The van der Waals surface area contributed by atoms with E-state index in [9.17, 15) is 4.79 Å². The standard InChI is InChI=1S/C12H12Cl2O2/c1-2-16-9-5-3-8(4-6-9)12(11(14)15)7-10(12)13/h3-6,10H,2,7H2,1H3. The molecule has 0 aromatic heterocycles. The van der Waals surface area contributed by atoms with Gasteiger partial charge in [0.2, 0.25) is 5.24 Å². The molecule has 0 heterocycles. The molecule has 1 aliphatic carbocycles. The van der Waals surface area contributed by atoms with Gasteiger partial charge in [0.25, 0.3) is 0 Å². The molecule has 1 aliphatic rings. The lowest BCUT2D eigenvalue weighted by molar-refractivity contribution is -0.113. The summed E-state index contributed by atoms with van der Waals surface area (Å²) < 4.78 is 5.33. The van der Waals surface area contributed by atoms with Gasteiger partial charge in [0, 0.05) is 0 Å². The summed E-state index contributed by atoms with van der Waals surface area (Å²) in [5.41, 5.74) is 0.198. The predicted molar refractivity (Wildman–Crippen MR) is 64.4 cm³/mol. The van der Waals surface area contributed by atoms with Crippen molar-refractivity contribution in [2.75, 3.05) is 6.61 Å². The van der Waals surface area contributed by atoms with Crippen molar-refractivity contribution in [3.63, 3.8) is 0 Å². The summed E-state index contributed by atoms with van der Waals surface area (Å²) in [6, 6.07) is 7.38. The molecule has 0 radical (unpaired) electrons. The number of benzene rings is 1. The van der Waals surface area contributed by atoms with Gasteiger partial charge in [0.1, 0.15) is 5.75 Å². The van der Waals surface area contributed by atoms with Crippen LogP contribution in [0.4, 0.5) is 0 Å². The van der Waals surface area contributed by atoms with Gasteiger partial charge in [0.05, 0.1) is 17.4 Å². The van der Waals surface area contributed by atoms with Gasteiger partial charge in [-0.1, -0.05) is 12.1 Å². The third kappa shape index (κ3) is 1.80. The fourth-order valence-electron chi connectivity index (χ4n) is 1.85. The Morgan fingerprint density at radius 3 is 2.44 bits per heavy atom. The zero-order valence-corrected chi connectivity index (χ0v) is 10.4. The lowest BCUT2D eigenvalue weighted by atomic mass is 9.97. The van der Waals surface area contributed by atoms with Crippen LogP contribution in [0.25, 0.3) is 0 Å². The molecule has 2 nitrogen and oxygen atoms in total. The molecular weight excluding hydrogens is 247 g/mol. The minimum atomic E-state index is -0.673. The van der Waals surface area contributed by atoms with Crippen LogP contribution in [-0.2, 0) is 10.2 Å². The van der Waals surface area contributed by atoms with E-state index in [0.717, 1.165) is 11.3 Å². The Balaban J connectivity index is 2.25. The fraction of sp³-hybridized carbons (Fsp3) is 0.417. The van der Waals surface area contributed by atoms with Crippen LogP contribution in [0.3, 0.4) is 0 Å². The van der Waals surface area contributed by atoms with Crippen molar-refractivity contribution in [2.45, 2.75) is 24.1 Å². The van der Waals surface area contributed by atoms with E-state index in [4.69, 9.17) is 27.9 Å². The molecule has 2 unspecified atom stereocenters. The summed E-state index contributed by atoms with van der Waals surface area (Å²) in [5.74, 6) is 0.787. The number of halogens is 2. The summed E-state index contributed by atoms with van der Waals surface area (Å²) >= 11 is 11.6. The maximum Gasteiger partial charge on any atom is 0.233 e. The first-order valence-corrected chi connectivity index (χ1v) is 6.00. The molecule has 2 atom stereocenters. The molecule has 86 valence electrons. The van der Waals surface area contributed by atoms with Gasteiger partial charge in [-0.15, -0.1) is 11.6 Å². The number of hydrogen-bond acceptors (Lipinski definition) is 2. The molecule has 1 aromatic carbocycles. The van der Waals surface area contributed by atoms with Gasteiger partial charge >= 0.3 is 0 Å². The lowest BCUT2D eigenvalue weighted by Gasteiger charge is -2.11. The number of alkyl halides is 1. The number of ether oxygens (including phenoxy) is 1. The molecule has 0 aliphatic heterocycles. The van der Waals surface area contributed by atoms with Crippen molar-refractivity contribution < 1.29 is 9.53 Å². The number of hydrogen-bond donors (Lipinski definition) is 0. The minimum Gasteiger partial charge on any atom is -0.494 e. The van der Waals surface area contributed by atoms with Crippen molar-refractivity contribution in [2.24, 2.45) is 0 Å². The van der Waals surface area contributed by atoms with Crippen LogP contribution in [-0.4, -0.2) is 17.2 Å². The van der Waals surface area contributed by atoms with Gasteiger partial charge in [-0.05, 0) is 42.6 Å². The van der Waals surface area contributed by atoms with Gasteiger partial charge in [-0.2, -0.15) is 0 Å². The van der Waals surface area contributed by atoms with E-state index in [1.54, 1.807) is 0 Å². The highest BCUT2D eigenvalue weighted by Crippen LogP contribution is 2.53. The summed E-state index contributed by atoms with van der Waals surface area (Å²) in [7, 11) is 0. The van der Waals surface area contributed by atoms with E-state index >= 15 is 0 Å². The van der Waals surface area contributed by atoms with Gasteiger partial charge in [0.15, 0.2) is 0 Å².